The van der Waals surface area contributed by atoms with Crippen molar-refractivity contribution in [2.24, 2.45) is 5.92 Å². The quantitative estimate of drug-likeness (QED) is 0.393. The van der Waals surface area contributed by atoms with Crippen LogP contribution >= 0.6 is 0 Å². The van der Waals surface area contributed by atoms with Crippen molar-refractivity contribution in [2.75, 3.05) is 20.2 Å². The molecule has 1 aliphatic rings. The van der Waals surface area contributed by atoms with Crippen LogP contribution in [-0.2, 0) is 22.3 Å². The molecular formula is C24H23F4N3O2. The minimum absolute atomic E-state index is 0.131. The van der Waals surface area contributed by atoms with Gasteiger partial charge in [0.2, 0.25) is 0 Å². The molecule has 0 atom stereocenters. The Morgan fingerprint density at radius 2 is 1.79 bits per heavy atom. The highest BCUT2D eigenvalue weighted by molar-refractivity contribution is 5.72. The van der Waals surface area contributed by atoms with Crippen molar-refractivity contribution in [2.45, 2.75) is 25.6 Å². The molecule has 0 N–H and O–H groups in total. The maximum Gasteiger partial charge on any atom is 0.416 e. The number of benzene rings is 2. The lowest BCUT2D eigenvalue weighted by atomic mass is 9.97. The van der Waals surface area contributed by atoms with Gasteiger partial charge >= 0.3 is 12.1 Å². The number of methoxy groups -OCH3 is 1. The van der Waals surface area contributed by atoms with Crippen LogP contribution in [0.2, 0.25) is 0 Å². The number of piperidine rings is 1. The predicted molar refractivity (Wildman–Crippen MR) is 114 cm³/mol. The molecule has 0 aliphatic carbocycles. The van der Waals surface area contributed by atoms with Crippen molar-refractivity contribution in [1.29, 1.82) is 0 Å². The maximum atomic E-state index is 13.5. The normalized spacial score (nSPS) is 15.5. The Morgan fingerprint density at radius 1 is 1.09 bits per heavy atom. The SMILES string of the molecule is COC(=O)C1CCN(Cc2cc(-c3cccc(C(F)(F)F)c3)nn2-c2ccc(F)cc2)CC1. The number of aromatic nitrogens is 2. The molecule has 5 nitrogen and oxygen atoms in total. The number of esters is 1. The Kier molecular flexibility index (Phi) is 6.51. The predicted octanol–water partition coefficient (Wildman–Crippen LogP) is 5.08. The molecule has 0 amide bonds. The third-order valence-electron chi connectivity index (χ3n) is 5.85. The van der Waals surface area contributed by atoms with Crippen LogP contribution in [0.15, 0.2) is 54.6 Å². The highest BCUT2D eigenvalue weighted by Crippen LogP contribution is 2.32. The topological polar surface area (TPSA) is 47.4 Å². The smallest absolute Gasteiger partial charge is 0.416 e. The van der Waals surface area contributed by atoms with E-state index in [0.717, 1.165) is 17.8 Å². The van der Waals surface area contributed by atoms with E-state index in [1.54, 1.807) is 28.9 Å². The van der Waals surface area contributed by atoms with Gasteiger partial charge in [-0.25, -0.2) is 9.07 Å². The minimum atomic E-state index is -4.46. The van der Waals surface area contributed by atoms with Crippen LogP contribution in [0, 0.1) is 11.7 Å². The standard InChI is InChI=1S/C24H23F4N3O2/c1-33-23(32)16-9-11-30(12-10-16)15-21-14-22(17-3-2-4-18(13-17)24(26,27)28)29-31(21)20-7-5-19(25)6-8-20/h2-8,13-14,16H,9-12,15H2,1H3. The molecule has 2 heterocycles. The molecule has 1 fully saturated rings. The molecule has 2 aromatic carbocycles. The lowest BCUT2D eigenvalue weighted by Gasteiger charge is -2.30. The number of rotatable bonds is 5. The summed E-state index contributed by atoms with van der Waals surface area (Å²) in [6.45, 7) is 1.83. The number of carbonyl (C=O) groups is 1. The number of likely N-dealkylation sites (tertiary alicyclic amines) is 1. The van der Waals surface area contributed by atoms with Crippen molar-refractivity contribution in [3.8, 4) is 16.9 Å². The van der Waals surface area contributed by atoms with Crippen LogP contribution in [0.4, 0.5) is 17.6 Å². The van der Waals surface area contributed by atoms with E-state index in [-0.39, 0.29) is 11.9 Å². The molecule has 0 saturated carbocycles. The van der Waals surface area contributed by atoms with Crippen LogP contribution in [0.3, 0.4) is 0 Å². The van der Waals surface area contributed by atoms with Gasteiger partial charge in [0.25, 0.3) is 0 Å². The van der Waals surface area contributed by atoms with Crippen LogP contribution in [-0.4, -0.2) is 40.8 Å². The number of hydrogen-bond donors (Lipinski definition) is 0. The number of nitrogens with zero attached hydrogens (tertiary/aromatic N) is 3. The summed E-state index contributed by atoms with van der Waals surface area (Å²) in [6, 6.07) is 12.6. The van der Waals surface area contributed by atoms with Gasteiger partial charge in [-0.15, -0.1) is 0 Å². The van der Waals surface area contributed by atoms with E-state index in [0.29, 0.717) is 49.4 Å². The van der Waals surface area contributed by atoms with Crippen LogP contribution in [0.1, 0.15) is 24.1 Å². The Bertz CT molecular complexity index is 1120. The van der Waals surface area contributed by atoms with Crippen LogP contribution < -0.4 is 0 Å². The van der Waals surface area contributed by atoms with Crippen molar-refractivity contribution < 1.29 is 27.1 Å². The third kappa shape index (κ3) is 5.24. The second-order valence-corrected chi connectivity index (χ2v) is 8.06. The molecule has 1 aromatic heterocycles. The molecule has 0 bridgehead atoms. The minimum Gasteiger partial charge on any atom is -0.469 e. The van der Waals surface area contributed by atoms with Gasteiger partial charge in [-0.3, -0.25) is 9.69 Å². The Balaban J connectivity index is 1.64. The second-order valence-electron chi connectivity index (χ2n) is 8.06. The van der Waals surface area contributed by atoms with Gasteiger partial charge in [-0.1, -0.05) is 12.1 Å². The maximum absolute atomic E-state index is 13.5. The van der Waals surface area contributed by atoms with Crippen molar-refractivity contribution in [3.05, 3.63) is 71.7 Å². The molecule has 4 rings (SSSR count). The first kappa shape index (κ1) is 23.0. The summed E-state index contributed by atoms with van der Waals surface area (Å²) in [4.78, 5) is 14.0. The lowest BCUT2D eigenvalue weighted by molar-refractivity contribution is -0.147. The zero-order valence-electron chi connectivity index (χ0n) is 18.0. The fourth-order valence-corrected chi connectivity index (χ4v) is 4.06. The van der Waals surface area contributed by atoms with Crippen molar-refractivity contribution in [1.82, 2.24) is 14.7 Å². The number of alkyl halides is 3. The van der Waals surface area contributed by atoms with Crippen LogP contribution in [0.5, 0.6) is 0 Å². The number of carbonyl (C=O) groups excluding carboxylic acids is 1. The Labute approximate surface area is 188 Å². The van der Waals surface area contributed by atoms with Gasteiger partial charge in [0.15, 0.2) is 0 Å². The average molecular weight is 461 g/mol. The lowest BCUT2D eigenvalue weighted by Crippen LogP contribution is -2.36. The van der Waals surface area contributed by atoms with E-state index < -0.39 is 17.6 Å². The van der Waals surface area contributed by atoms with Crippen LogP contribution in [0.25, 0.3) is 16.9 Å². The molecule has 3 aromatic rings. The van der Waals surface area contributed by atoms with E-state index in [9.17, 15) is 22.4 Å². The molecule has 1 saturated heterocycles. The highest BCUT2D eigenvalue weighted by atomic mass is 19.4. The zero-order valence-corrected chi connectivity index (χ0v) is 18.0. The molecule has 174 valence electrons. The van der Waals surface area contributed by atoms with Crippen molar-refractivity contribution in [3.63, 3.8) is 0 Å². The fraction of sp³-hybridized carbons (Fsp3) is 0.333. The molecule has 33 heavy (non-hydrogen) atoms. The molecular weight excluding hydrogens is 438 g/mol. The van der Waals surface area contributed by atoms with E-state index in [4.69, 9.17) is 4.74 Å². The summed E-state index contributed by atoms with van der Waals surface area (Å²) in [5.41, 5.74) is 1.35. The van der Waals surface area contributed by atoms with Gasteiger partial charge in [0.05, 0.1) is 35.7 Å². The van der Waals surface area contributed by atoms with Gasteiger partial charge in [0, 0.05) is 12.1 Å². The van der Waals surface area contributed by atoms with Gasteiger partial charge in [-0.2, -0.15) is 18.3 Å². The number of halogens is 4. The molecule has 0 unspecified atom stereocenters. The number of ether oxygens (including phenoxy) is 1. The van der Waals surface area contributed by atoms with Gasteiger partial charge in [-0.05, 0) is 68.4 Å². The van der Waals surface area contributed by atoms with E-state index in [1.807, 2.05) is 0 Å². The van der Waals surface area contributed by atoms with E-state index >= 15 is 0 Å². The largest absolute Gasteiger partial charge is 0.469 e. The average Bonchev–Trinajstić information content (AvgIpc) is 3.23. The Hall–Kier alpha value is -3.20. The second kappa shape index (κ2) is 9.35. The third-order valence-corrected chi connectivity index (χ3v) is 5.85. The summed E-state index contributed by atoms with van der Waals surface area (Å²) in [5.74, 6) is -0.734. The molecule has 1 aliphatic heterocycles. The zero-order chi connectivity index (χ0) is 23.6. The van der Waals surface area contributed by atoms with Gasteiger partial charge in [0.1, 0.15) is 5.82 Å². The molecule has 0 radical (unpaired) electrons. The summed E-state index contributed by atoms with van der Waals surface area (Å²) < 4.78 is 59.5. The van der Waals surface area contributed by atoms with E-state index in [2.05, 4.69) is 10.00 Å². The van der Waals surface area contributed by atoms with Gasteiger partial charge < -0.3 is 4.74 Å². The van der Waals surface area contributed by atoms with Crippen molar-refractivity contribution >= 4 is 5.97 Å². The monoisotopic (exact) mass is 461 g/mol. The molecule has 9 heteroatoms. The summed E-state index contributed by atoms with van der Waals surface area (Å²) in [5, 5.41) is 4.55. The fourth-order valence-electron chi connectivity index (χ4n) is 4.06. The molecule has 0 spiro atoms. The summed E-state index contributed by atoms with van der Waals surface area (Å²) >= 11 is 0. The first-order chi connectivity index (χ1) is 15.7. The van der Waals surface area contributed by atoms with E-state index in [1.165, 1.54) is 25.3 Å². The summed E-state index contributed by atoms with van der Waals surface area (Å²) in [7, 11) is 1.38. The number of hydrogen-bond acceptors (Lipinski definition) is 4. The Morgan fingerprint density at radius 3 is 2.42 bits per heavy atom. The first-order valence-electron chi connectivity index (χ1n) is 10.6. The first-order valence-corrected chi connectivity index (χ1v) is 10.6. The highest BCUT2D eigenvalue weighted by Gasteiger charge is 2.31. The summed E-state index contributed by atoms with van der Waals surface area (Å²) in [6.07, 6.45) is -3.13.